The maximum absolute atomic E-state index is 12.5. The van der Waals surface area contributed by atoms with Crippen LogP contribution in [0.15, 0.2) is 63.5 Å². The van der Waals surface area contributed by atoms with Crippen molar-refractivity contribution in [1.82, 2.24) is 15.1 Å². The second-order valence-electron chi connectivity index (χ2n) is 5.01. The average molecular weight is 372 g/mol. The summed E-state index contributed by atoms with van der Waals surface area (Å²) in [7, 11) is 1.70. The maximum Gasteiger partial charge on any atom is 0.255 e. The van der Waals surface area contributed by atoms with Gasteiger partial charge in [0, 0.05) is 17.1 Å². The Bertz CT molecular complexity index is 817. The molecule has 0 radical (unpaired) electrons. The van der Waals surface area contributed by atoms with Gasteiger partial charge < -0.3 is 9.32 Å². The largest absolute Gasteiger partial charge is 0.419 e. The Morgan fingerprint density at radius 3 is 2.52 bits per heavy atom. The third kappa shape index (κ3) is 3.48. The van der Waals surface area contributed by atoms with E-state index in [-0.39, 0.29) is 12.5 Å². The van der Waals surface area contributed by atoms with Crippen molar-refractivity contribution in [3.63, 3.8) is 0 Å². The molecule has 116 valence electrons. The Balaban J connectivity index is 1.74. The predicted octanol–water partition coefficient (Wildman–Crippen LogP) is 3.77. The molecular weight excluding hydrogens is 358 g/mol. The Kier molecular flexibility index (Phi) is 4.52. The van der Waals surface area contributed by atoms with Crippen LogP contribution in [0.4, 0.5) is 0 Å². The molecule has 5 nitrogen and oxygen atoms in total. The molecule has 6 heteroatoms. The van der Waals surface area contributed by atoms with Gasteiger partial charge in [0.15, 0.2) is 0 Å². The van der Waals surface area contributed by atoms with Crippen LogP contribution < -0.4 is 0 Å². The van der Waals surface area contributed by atoms with Crippen molar-refractivity contribution in [3.8, 4) is 11.5 Å². The third-order valence-electron chi connectivity index (χ3n) is 3.31. The molecular formula is C17H14BrN3O2. The van der Waals surface area contributed by atoms with Crippen LogP contribution in [-0.2, 0) is 6.54 Å². The number of carbonyl (C=O) groups is 1. The molecule has 1 aromatic heterocycles. The van der Waals surface area contributed by atoms with Crippen LogP contribution in [0, 0.1) is 0 Å². The Hall–Kier alpha value is -2.47. The topological polar surface area (TPSA) is 59.2 Å². The highest BCUT2D eigenvalue weighted by atomic mass is 79.9. The van der Waals surface area contributed by atoms with Gasteiger partial charge in [0.2, 0.25) is 11.8 Å². The van der Waals surface area contributed by atoms with E-state index < -0.39 is 0 Å². The fourth-order valence-corrected chi connectivity index (χ4v) is 2.58. The van der Waals surface area contributed by atoms with E-state index >= 15 is 0 Å². The van der Waals surface area contributed by atoms with Crippen LogP contribution in [0.5, 0.6) is 0 Å². The SMILES string of the molecule is CN(Cc1nnc(-c2ccccc2)o1)C(=O)c1ccccc1Br. The average Bonchev–Trinajstić information content (AvgIpc) is 3.04. The monoisotopic (exact) mass is 371 g/mol. The number of nitrogens with zero attached hydrogens (tertiary/aromatic N) is 3. The molecule has 1 heterocycles. The first kappa shape index (κ1) is 15.4. The number of rotatable bonds is 4. The van der Waals surface area contributed by atoms with Crippen LogP contribution >= 0.6 is 15.9 Å². The number of aromatic nitrogens is 2. The van der Waals surface area contributed by atoms with Crippen LogP contribution in [-0.4, -0.2) is 28.1 Å². The molecule has 23 heavy (non-hydrogen) atoms. The summed E-state index contributed by atoms with van der Waals surface area (Å²) < 4.78 is 6.39. The molecule has 0 fully saturated rings. The van der Waals surface area contributed by atoms with E-state index in [1.165, 1.54) is 0 Å². The molecule has 1 amide bonds. The standard InChI is InChI=1S/C17H14BrN3O2/c1-21(17(22)13-9-5-6-10-14(13)18)11-15-19-20-16(23-15)12-7-3-2-4-8-12/h2-10H,11H2,1H3. The van der Waals surface area contributed by atoms with Gasteiger partial charge in [-0.2, -0.15) is 0 Å². The first-order chi connectivity index (χ1) is 11.1. The highest BCUT2D eigenvalue weighted by Crippen LogP contribution is 2.20. The number of hydrogen-bond acceptors (Lipinski definition) is 4. The van der Waals surface area contributed by atoms with E-state index in [0.717, 1.165) is 10.0 Å². The molecule has 0 N–H and O–H groups in total. The summed E-state index contributed by atoms with van der Waals surface area (Å²) in [6, 6.07) is 16.8. The van der Waals surface area contributed by atoms with Gasteiger partial charge in [-0.15, -0.1) is 10.2 Å². The van der Waals surface area contributed by atoms with Gasteiger partial charge in [-0.1, -0.05) is 30.3 Å². The first-order valence-electron chi connectivity index (χ1n) is 7.03. The van der Waals surface area contributed by atoms with Crippen LogP contribution in [0.25, 0.3) is 11.5 Å². The van der Waals surface area contributed by atoms with Crippen molar-refractivity contribution in [2.75, 3.05) is 7.05 Å². The number of halogens is 1. The summed E-state index contributed by atoms with van der Waals surface area (Å²) >= 11 is 3.39. The van der Waals surface area contributed by atoms with E-state index in [1.54, 1.807) is 18.0 Å². The van der Waals surface area contributed by atoms with Gasteiger partial charge in [0.25, 0.3) is 5.91 Å². The van der Waals surface area contributed by atoms with Gasteiger partial charge in [-0.25, -0.2) is 0 Å². The van der Waals surface area contributed by atoms with Crippen molar-refractivity contribution in [3.05, 3.63) is 70.5 Å². The van der Waals surface area contributed by atoms with Gasteiger partial charge >= 0.3 is 0 Å². The minimum Gasteiger partial charge on any atom is -0.419 e. The zero-order valence-corrected chi connectivity index (χ0v) is 14.0. The summed E-state index contributed by atoms with van der Waals surface area (Å²) in [6.45, 7) is 0.250. The number of hydrogen-bond donors (Lipinski definition) is 0. The van der Waals surface area contributed by atoms with Gasteiger partial charge in [0.05, 0.1) is 12.1 Å². The van der Waals surface area contributed by atoms with Gasteiger partial charge in [-0.3, -0.25) is 4.79 Å². The zero-order chi connectivity index (χ0) is 16.2. The van der Waals surface area contributed by atoms with E-state index in [2.05, 4.69) is 26.1 Å². The van der Waals surface area contributed by atoms with Crippen LogP contribution in [0.1, 0.15) is 16.2 Å². The minimum atomic E-state index is -0.114. The van der Waals surface area contributed by atoms with Crippen LogP contribution in [0.3, 0.4) is 0 Å². The minimum absolute atomic E-state index is 0.114. The highest BCUT2D eigenvalue weighted by molar-refractivity contribution is 9.10. The van der Waals surface area contributed by atoms with E-state index in [1.807, 2.05) is 48.5 Å². The van der Waals surface area contributed by atoms with Gasteiger partial charge in [0.1, 0.15) is 0 Å². The molecule has 0 aliphatic carbocycles. The zero-order valence-electron chi connectivity index (χ0n) is 12.4. The summed E-state index contributed by atoms with van der Waals surface area (Å²) in [5.41, 5.74) is 1.45. The normalized spacial score (nSPS) is 10.5. The number of amides is 1. The van der Waals surface area contributed by atoms with E-state index in [0.29, 0.717) is 17.3 Å². The van der Waals surface area contributed by atoms with Crippen molar-refractivity contribution in [2.24, 2.45) is 0 Å². The molecule has 0 spiro atoms. The lowest BCUT2D eigenvalue weighted by Crippen LogP contribution is -2.26. The Morgan fingerprint density at radius 2 is 1.78 bits per heavy atom. The second kappa shape index (κ2) is 6.75. The van der Waals surface area contributed by atoms with E-state index in [9.17, 15) is 4.79 Å². The highest BCUT2D eigenvalue weighted by Gasteiger charge is 2.17. The van der Waals surface area contributed by atoms with Crippen molar-refractivity contribution >= 4 is 21.8 Å². The quantitative estimate of drug-likeness (QED) is 0.700. The first-order valence-corrected chi connectivity index (χ1v) is 7.82. The summed E-state index contributed by atoms with van der Waals surface area (Å²) in [5.74, 6) is 0.728. The maximum atomic E-state index is 12.5. The molecule has 0 saturated heterocycles. The number of carbonyl (C=O) groups excluding carboxylic acids is 1. The molecule has 2 aromatic carbocycles. The van der Waals surface area contributed by atoms with Crippen molar-refractivity contribution < 1.29 is 9.21 Å². The number of benzene rings is 2. The smallest absolute Gasteiger partial charge is 0.255 e. The molecule has 0 atom stereocenters. The Morgan fingerprint density at radius 1 is 1.09 bits per heavy atom. The Labute approximate surface area is 142 Å². The molecule has 0 bridgehead atoms. The predicted molar refractivity (Wildman–Crippen MR) is 89.7 cm³/mol. The molecule has 0 unspecified atom stereocenters. The fraction of sp³-hybridized carbons (Fsp3) is 0.118. The fourth-order valence-electron chi connectivity index (χ4n) is 2.13. The second-order valence-corrected chi connectivity index (χ2v) is 5.86. The third-order valence-corrected chi connectivity index (χ3v) is 4.00. The lowest BCUT2D eigenvalue weighted by molar-refractivity contribution is 0.0772. The van der Waals surface area contributed by atoms with Crippen LogP contribution in [0.2, 0.25) is 0 Å². The van der Waals surface area contributed by atoms with E-state index in [4.69, 9.17) is 4.42 Å². The molecule has 3 aromatic rings. The molecule has 0 aliphatic rings. The van der Waals surface area contributed by atoms with Crippen molar-refractivity contribution in [1.29, 1.82) is 0 Å². The summed E-state index contributed by atoms with van der Waals surface area (Å²) in [5, 5.41) is 8.03. The summed E-state index contributed by atoms with van der Waals surface area (Å²) in [4.78, 5) is 14.0. The van der Waals surface area contributed by atoms with Gasteiger partial charge in [-0.05, 0) is 40.2 Å². The molecule has 0 saturated carbocycles. The van der Waals surface area contributed by atoms with Crippen molar-refractivity contribution in [2.45, 2.75) is 6.54 Å². The summed E-state index contributed by atoms with van der Waals surface area (Å²) in [6.07, 6.45) is 0. The lowest BCUT2D eigenvalue weighted by atomic mass is 10.2. The molecule has 3 rings (SSSR count). The lowest BCUT2D eigenvalue weighted by Gasteiger charge is -2.15. The molecule has 0 aliphatic heterocycles.